The molecule has 0 bridgehead atoms. The molecule has 0 spiro atoms. The van der Waals surface area contributed by atoms with Gasteiger partial charge in [0.25, 0.3) is 0 Å². The van der Waals surface area contributed by atoms with Crippen LogP contribution in [-0.4, -0.2) is 50.3 Å². The number of likely N-dealkylation sites (tertiary alicyclic amines) is 1. The minimum absolute atomic E-state index is 0.278. The van der Waals surface area contributed by atoms with Crippen LogP contribution in [0.4, 0.5) is 30.5 Å². The molecule has 1 aliphatic rings. The minimum Gasteiger partial charge on any atom is -0.493 e. The van der Waals surface area contributed by atoms with Crippen molar-refractivity contribution in [3.8, 4) is 11.5 Å². The zero-order valence-electron chi connectivity index (χ0n) is 17.2. The lowest BCUT2D eigenvalue weighted by Gasteiger charge is -2.17. The van der Waals surface area contributed by atoms with Crippen molar-refractivity contribution in [3.05, 3.63) is 35.9 Å². The standard InChI is InChI=1S/C21H27F3N4O2/c1-25-19-9-7-16(21(22,23)24)20(27-19)26-15-6-8-17(29-2)18(14-15)30-13-5-12-28-10-3-4-11-28/h6-9,14H,3-5,10-13H2,1-2H3,(H2,25,26,27). The van der Waals surface area contributed by atoms with E-state index < -0.39 is 11.7 Å². The summed E-state index contributed by atoms with van der Waals surface area (Å²) < 4.78 is 51.3. The van der Waals surface area contributed by atoms with Crippen molar-refractivity contribution in [1.29, 1.82) is 0 Å². The Bertz CT molecular complexity index is 839. The van der Waals surface area contributed by atoms with Crippen molar-refractivity contribution in [1.82, 2.24) is 9.88 Å². The van der Waals surface area contributed by atoms with Gasteiger partial charge in [-0.25, -0.2) is 4.98 Å². The van der Waals surface area contributed by atoms with Crippen LogP contribution in [0.25, 0.3) is 0 Å². The van der Waals surface area contributed by atoms with Gasteiger partial charge in [0.05, 0.1) is 19.3 Å². The first-order valence-electron chi connectivity index (χ1n) is 9.97. The van der Waals surface area contributed by atoms with E-state index in [-0.39, 0.29) is 5.82 Å². The Morgan fingerprint density at radius 1 is 1.10 bits per heavy atom. The molecule has 0 atom stereocenters. The molecule has 9 heteroatoms. The highest BCUT2D eigenvalue weighted by Crippen LogP contribution is 2.37. The van der Waals surface area contributed by atoms with Gasteiger partial charge >= 0.3 is 6.18 Å². The highest BCUT2D eigenvalue weighted by Gasteiger charge is 2.34. The number of hydrogen-bond donors (Lipinski definition) is 2. The Morgan fingerprint density at radius 3 is 2.53 bits per heavy atom. The Balaban J connectivity index is 1.72. The molecule has 1 aromatic carbocycles. The van der Waals surface area contributed by atoms with Crippen LogP contribution < -0.4 is 20.1 Å². The second-order valence-corrected chi connectivity index (χ2v) is 7.08. The predicted octanol–water partition coefficient (Wildman–Crippen LogP) is 4.76. The van der Waals surface area contributed by atoms with Crippen LogP contribution in [0.15, 0.2) is 30.3 Å². The molecule has 0 aliphatic carbocycles. The van der Waals surface area contributed by atoms with Gasteiger partial charge in [0, 0.05) is 25.3 Å². The lowest BCUT2D eigenvalue weighted by molar-refractivity contribution is -0.137. The lowest BCUT2D eigenvalue weighted by atomic mass is 10.2. The smallest absolute Gasteiger partial charge is 0.419 e. The number of benzene rings is 1. The normalized spacial score (nSPS) is 14.6. The monoisotopic (exact) mass is 424 g/mol. The average molecular weight is 424 g/mol. The highest BCUT2D eigenvalue weighted by atomic mass is 19.4. The van der Waals surface area contributed by atoms with E-state index in [1.165, 1.54) is 26.0 Å². The molecule has 1 fully saturated rings. The number of hydrogen-bond acceptors (Lipinski definition) is 6. The number of ether oxygens (including phenoxy) is 2. The van der Waals surface area contributed by atoms with Gasteiger partial charge in [0.1, 0.15) is 11.6 Å². The second kappa shape index (κ2) is 9.88. The molecule has 0 saturated carbocycles. The molecule has 30 heavy (non-hydrogen) atoms. The van der Waals surface area contributed by atoms with E-state index >= 15 is 0 Å². The predicted molar refractivity (Wildman–Crippen MR) is 111 cm³/mol. The first-order chi connectivity index (χ1) is 14.4. The topological polar surface area (TPSA) is 58.6 Å². The number of nitrogens with zero attached hydrogens (tertiary/aromatic N) is 2. The number of nitrogens with one attached hydrogen (secondary N) is 2. The second-order valence-electron chi connectivity index (χ2n) is 7.08. The summed E-state index contributed by atoms with van der Waals surface area (Å²) >= 11 is 0. The fourth-order valence-corrected chi connectivity index (χ4v) is 3.40. The molecule has 2 heterocycles. The van der Waals surface area contributed by atoms with Gasteiger partial charge in [0.15, 0.2) is 11.5 Å². The van der Waals surface area contributed by atoms with Crippen LogP contribution in [0.1, 0.15) is 24.8 Å². The van der Waals surface area contributed by atoms with Crippen LogP contribution in [0.3, 0.4) is 0 Å². The molecule has 2 aromatic rings. The molecule has 0 radical (unpaired) electrons. The number of alkyl halides is 3. The summed E-state index contributed by atoms with van der Waals surface area (Å²) in [4.78, 5) is 6.43. The van der Waals surface area contributed by atoms with Crippen LogP contribution in [0.5, 0.6) is 11.5 Å². The first-order valence-corrected chi connectivity index (χ1v) is 9.97. The van der Waals surface area contributed by atoms with Gasteiger partial charge < -0.3 is 25.0 Å². The SMILES string of the molecule is CNc1ccc(C(F)(F)F)c(Nc2ccc(OC)c(OCCCN3CCCC3)c2)n1. The summed E-state index contributed by atoms with van der Waals surface area (Å²) in [6.45, 7) is 3.72. The summed E-state index contributed by atoms with van der Waals surface area (Å²) in [5.74, 6) is 1.05. The molecule has 1 aliphatic heterocycles. The molecule has 2 N–H and O–H groups in total. The van der Waals surface area contributed by atoms with E-state index in [4.69, 9.17) is 9.47 Å². The van der Waals surface area contributed by atoms with Gasteiger partial charge in [-0.1, -0.05) is 0 Å². The Hall–Kier alpha value is -2.68. The van der Waals surface area contributed by atoms with E-state index in [9.17, 15) is 13.2 Å². The van der Waals surface area contributed by atoms with Crippen LogP contribution in [0, 0.1) is 0 Å². The summed E-state index contributed by atoms with van der Waals surface area (Å²) in [6, 6.07) is 7.21. The maximum Gasteiger partial charge on any atom is 0.419 e. The minimum atomic E-state index is -4.52. The third-order valence-corrected chi connectivity index (χ3v) is 4.96. The van der Waals surface area contributed by atoms with E-state index in [2.05, 4.69) is 20.5 Å². The number of anilines is 3. The van der Waals surface area contributed by atoms with Gasteiger partial charge in [-0.3, -0.25) is 0 Å². The van der Waals surface area contributed by atoms with Crippen LogP contribution >= 0.6 is 0 Å². The summed E-state index contributed by atoms with van der Waals surface area (Å²) in [7, 11) is 3.13. The number of halogens is 3. The molecule has 3 rings (SSSR count). The fraction of sp³-hybridized carbons (Fsp3) is 0.476. The van der Waals surface area contributed by atoms with Crippen LogP contribution in [0.2, 0.25) is 0 Å². The zero-order chi connectivity index (χ0) is 21.6. The van der Waals surface area contributed by atoms with Crippen molar-refractivity contribution in [3.63, 3.8) is 0 Å². The van der Waals surface area contributed by atoms with E-state index in [0.717, 1.165) is 32.1 Å². The van der Waals surface area contributed by atoms with Gasteiger partial charge in [0.2, 0.25) is 0 Å². The van der Waals surface area contributed by atoms with Gasteiger partial charge in [-0.05, 0) is 56.6 Å². The number of pyridine rings is 1. The van der Waals surface area contributed by atoms with Crippen molar-refractivity contribution >= 4 is 17.3 Å². The van der Waals surface area contributed by atoms with Gasteiger partial charge in [-0.2, -0.15) is 13.2 Å². The van der Waals surface area contributed by atoms with E-state index in [1.807, 2.05) is 0 Å². The van der Waals surface area contributed by atoms with Crippen molar-refractivity contribution in [2.45, 2.75) is 25.4 Å². The Kier molecular flexibility index (Phi) is 7.25. The Labute approximate surface area is 174 Å². The third-order valence-electron chi connectivity index (χ3n) is 4.96. The molecule has 164 valence electrons. The molecular formula is C21H27F3N4O2. The van der Waals surface area contributed by atoms with Gasteiger partial charge in [-0.15, -0.1) is 0 Å². The lowest BCUT2D eigenvalue weighted by Crippen LogP contribution is -2.21. The molecule has 1 saturated heterocycles. The maximum absolute atomic E-state index is 13.4. The van der Waals surface area contributed by atoms with E-state index in [1.54, 1.807) is 25.2 Å². The number of methoxy groups -OCH3 is 1. The average Bonchev–Trinajstić information content (AvgIpc) is 3.24. The molecule has 1 aromatic heterocycles. The van der Waals surface area contributed by atoms with Crippen molar-refractivity contribution in [2.24, 2.45) is 0 Å². The first kappa shape index (κ1) is 22.0. The number of rotatable bonds is 9. The quantitative estimate of drug-likeness (QED) is 0.566. The van der Waals surface area contributed by atoms with Crippen molar-refractivity contribution in [2.75, 3.05) is 51.0 Å². The third kappa shape index (κ3) is 5.69. The molecule has 6 nitrogen and oxygen atoms in total. The highest BCUT2D eigenvalue weighted by molar-refractivity contribution is 5.65. The molecular weight excluding hydrogens is 397 g/mol. The van der Waals surface area contributed by atoms with Crippen LogP contribution in [-0.2, 0) is 6.18 Å². The summed E-state index contributed by atoms with van der Waals surface area (Å²) in [5, 5.41) is 5.52. The maximum atomic E-state index is 13.4. The number of aromatic nitrogens is 1. The zero-order valence-corrected chi connectivity index (χ0v) is 17.2. The molecule has 0 amide bonds. The Morgan fingerprint density at radius 2 is 1.87 bits per heavy atom. The molecule has 0 unspecified atom stereocenters. The summed E-state index contributed by atoms with van der Waals surface area (Å²) in [5.41, 5.74) is -0.415. The fourth-order valence-electron chi connectivity index (χ4n) is 3.40. The summed E-state index contributed by atoms with van der Waals surface area (Å²) in [6.07, 6.45) is -1.18. The van der Waals surface area contributed by atoms with Crippen molar-refractivity contribution < 1.29 is 22.6 Å². The van der Waals surface area contributed by atoms with E-state index in [0.29, 0.717) is 29.6 Å². The largest absolute Gasteiger partial charge is 0.493 e.